The zero-order valence-corrected chi connectivity index (χ0v) is 21.7. The lowest BCUT2D eigenvalue weighted by atomic mass is 9.72. The molecule has 5 rings (SSSR count). The van der Waals surface area contributed by atoms with Crippen molar-refractivity contribution in [1.29, 1.82) is 0 Å². The first-order valence-electron chi connectivity index (χ1n) is 13.4. The second-order valence-corrected chi connectivity index (χ2v) is 10.6. The molecule has 1 atom stereocenters. The minimum atomic E-state index is -1.35. The number of amides is 1. The molecule has 2 aliphatic rings. The Hall–Kier alpha value is -3.07. The van der Waals surface area contributed by atoms with E-state index in [9.17, 15) is 23.8 Å². The quantitative estimate of drug-likeness (QED) is 0.487. The first-order chi connectivity index (χ1) is 18.3. The lowest BCUT2D eigenvalue weighted by molar-refractivity contribution is -0.0146. The molecule has 0 radical (unpaired) electrons. The van der Waals surface area contributed by atoms with Gasteiger partial charge in [-0.1, -0.05) is 24.3 Å². The molecular weight excluding hydrogens is 488 g/mol. The number of piperidine rings is 1. The molecule has 1 saturated heterocycles. The molecule has 2 aromatic carbocycles. The normalized spacial score (nSPS) is 19.4. The Balaban J connectivity index is 1.21. The van der Waals surface area contributed by atoms with E-state index in [1.165, 1.54) is 24.3 Å². The molecule has 0 bridgehead atoms. The third kappa shape index (κ3) is 5.13. The Morgan fingerprint density at radius 3 is 2.03 bits per heavy atom. The van der Waals surface area contributed by atoms with Crippen molar-refractivity contribution in [1.82, 2.24) is 14.4 Å². The number of aliphatic hydroxyl groups excluding tert-OH is 1. The summed E-state index contributed by atoms with van der Waals surface area (Å²) in [6.07, 6.45) is 3.97. The van der Waals surface area contributed by atoms with Crippen LogP contribution in [-0.4, -0.2) is 63.2 Å². The van der Waals surface area contributed by atoms with Gasteiger partial charge in [0.2, 0.25) is 0 Å². The number of fused-ring (bicyclic) bond motifs is 1. The number of nitrogens with zero attached hydrogens (tertiary/aromatic N) is 3. The van der Waals surface area contributed by atoms with Gasteiger partial charge in [0, 0.05) is 26.3 Å². The summed E-state index contributed by atoms with van der Waals surface area (Å²) in [6.45, 7) is 3.54. The van der Waals surface area contributed by atoms with Crippen molar-refractivity contribution < 1.29 is 23.8 Å². The van der Waals surface area contributed by atoms with E-state index in [-0.39, 0.29) is 23.5 Å². The van der Waals surface area contributed by atoms with Crippen LogP contribution in [0.5, 0.6) is 0 Å². The standard InChI is InChI=1S/C30H35F2N3O3/c1-33-17-13-26-28(33)27(36)14-20-35(29(26)37)16-2-15-34-18-11-23(12-19-34)30(38,21-3-7-24(31)8-4-21)22-5-9-25(32)10-6-22/h3-10,13,17,23,27,36,38H,2,11-12,14-16,18-20H2,1H3. The highest BCUT2D eigenvalue weighted by molar-refractivity contribution is 5.96. The van der Waals surface area contributed by atoms with Gasteiger partial charge in [0.25, 0.3) is 5.91 Å². The van der Waals surface area contributed by atoms with Crippen molar-refractivity contribution in [2.24, 2.45) is 13.0 Å². The highest BCUT2D eigenvalue weighted by Gasteiger charge is 2.41. The molecule has 38 heavy (non-hydrogen) atoms. The number of likely N-dealkylation sites (tertiary alicyclic amines) is 1. The largest absolute Gasteiger partial charge is 0.387 e. The molecule has 202 valence electrons. The van der Waals surface area contributed by atoms with Crippen molar-refractivity contribution in [3.05, 3.63) is 94.8 Å². The molecule has 0 spiro atoms. The van der Waals surface area contributed by atoms with Crippen molar-refractivity contribution in [3.8, 4) is 0 Å². The first kappa shape index (κ1) is 26.5. The maximum atomic E-state index is 13.6. The summed E-state index contributed by atoms with van der Waals surface area (Å²) in [5.41, 5.74) is 1.13. The number of benzene rings is 2. The summed E-state index contributed by atoms with van der Waals surface area (Å²) in [5.74, 6) is -0.879. The monoisotopic (exact) mass is 523 g/mol. The Kier molecular flexibility index (Phi) is 7.66. The Bertz CT molecular complexity index is 1210. The average Bonchev–Trinajstić information content (AvgIpc) is 3.26. The van der Waals surface area contributed by atoms with Gasteiger partial charge in [0.15, 0.2) is 0 Å². The molecule has 6 nitrogen and oxygen atoms in total. The van der Waals surface area contributed by atoms with Crippen LogP contribution in [0.2, 0.25) is 0 Å². The van der Waals surface area contributed by atoms with Gasteiger partial charge in [0.1, 0.15) is 17.2 Å². The van der Waals surface area contributed by atoms with E-state index in [1.54, 1.807) is 30.3 Å². The van der Waals surface area contributed by atoms with Crippen molar-refractivity contribution in [2.75, 3.05) is 32.7 Å². The van der Waals surface area contributed by atoms with Gasteiger partial charge >= 0.3 is 0 Å². The molecule has 1 aromatic heterocycles. The van der Waals surface area contributed by atoms with Crippen LogP contribution in [-0.2, 0) is 12.6 Å². The fourth-order valence-electron chi connectivity index (χ4n) is 6.14. The van der Waals surface area contributed by atoms with Gasteiger partial charge < -0.3 is 24.6 Å². The molecule has 8 heteroatoms. The van der Waals surface area contributed by atoms with E-state index in [0.29, 0.717) is 41.9 Å². The number of aromatic nitrogens is 1. The van der Waals surface area contributed by atoms with E-state index in [0.717, 1.165) is 38.9 Å². The van der Waals surface area contributed by atoms with Crippen LogP contribution in [0, 0.1) is 17.6 Å². The molecule has 0 aliphatic carbocycles. The van der Waals surface area contributed by atoms with Gasteiger partial charge in [-0.15, -0.1) is 0 Å². The topological polar surface area (TPSA) is 68.9 Å². The lowest BCUT2D eigenvalue weighted by Crippen LogP contribution is -2.45. The molecule has 3 heterocycles. The number of rotatable bonds is 7. The van der Waals surface area contributed by atoms with Crippen molar-refractivity contribution >= 4 is 5.91 Å². The van der Waals surface area contributed by atoms with E-state index >= 15 is 0 Å². The minimum Gasteiger partial charge on any atom is -0.387 e. The van der Waals surface area contributed by atoms with Crippen LogP contribution >= 0.6 is 0 Å². The summed E-state index contributed by atoms with van der Waals surface area (Å²) in [5, 5.41) is 22.5. The predicted octanol–water partition coefficient (Wildman–Crippen LogP) is 4.22. The number of hydrogen-bond acceptors (Lipinski definition) is 4. The van der Waals surface area contributed by atoms with Crippen molar-refractivity contribution in [3.63, 3.8) is 0 Å². The molecule has 0 saturated carbocycles. The second kappa shape index (κ2) is 11.0. The molecule has 1 fully saturated rings. The highest BCUT2D eigenvalue weighted by atomic mass is 19.1. The fourth-order valence-corrected chi connectivity index (χ4v) is 6.14. The van der Waals surface area contributed by atoms with E-state index in [4.69, 9.17) is 0 Å². The molecule has 3 aromatic rings. The number of aliphatic hydroxyl groups is 2. The van der Waals surface area contributed by atoms with Crippen LogP contribution in [0.3, 0.4) is 0 Å². The zero-order valence-electron chi connectivity index (χ0n) is 21.7. The highest BCUT2D eigenvalue weighted by Crippen LogP contribution is 2.42. The van der Waals surface area contributed by atoms with Gasteiger partial charge in [-0.25, -0.2) is 8.78 Å². The Morgan fingerprint density at radius 2 is 1.45 bits per heavy atom. The lowest BCUT2D eigenvalue weighted by Gasteiger charge is -2.42. The Morgan fingerprint density at radius 1 is 0.868 bits per heavy atom. The fraction of sp³-hybridized carbons (Fsp3) is 0.433. The maximum Gasteiger partial charge on any atom is 0.255 e. The van der Waals surface area contributed by atoms with E-state index in [2.05, 4.69) is 4.90 Å². The summed E-state index contributed by atoms with van der Waals surface area (Å²) in [7, 11) is 1.85. The van der Waals surface area contributed by atoms with Gasteiger partial charge in [-0.3, -0.25) is 4.79 Å². The van der Waals surface area contributed by atoms with E-state index < -0.39 is 11.7 Å². The first-order valence-corrected chi connectivity index (χ1v) is 13.4. The van der Waals surface area contributed by atoms with Crippen molar-refractivity contribution in [2.45, 2.75) is 37.4 Å². The molecular formula is C30H35F2N3O3. The maximum absolute atomic E-state index is 13.6. The number of hydrogen-bond donors (Lipinski definition) is 2. The smallest absolute Gasteiger partial charge is 0.255 e. The predicted molar refractivity (Wildman–Crippen MR) is 140 cm³/mol. The van der Waals surface area contributed by atoms with Crippen LogP contribution in [0.25, 0.3) is 0 Å². The van der Waals surface area contributed by atoms with Gasteiger partial charge in [-0.2, -0.15) is 0 Å². The summed E-state index contributed by atoms with van der Waals surface area (Å²) >= 11 is 0. The third-order valence-electron chi connectivity index (χ3n) is 8.28. The average molecular weight is 524 g/mol. The summed E-state index contributed by atoms with van der Waals surface area (Å²) < 4.78 is 29.1. The SMILES string of the molecule is Cn1ccc2c1C(O)CCN(CCCN1CCC(C(O)(c3ccc(F)cc3)c3ccc(F)cc3)CC1)C2=O. The summed E-state index contributed by atoms with van der Waals surface area (Å²) in [6, 6.07) is 13.6. The molecule has 1 amide bonds. The number of halogens is 2. The van der Waals surface area contributed by atoms with Gasteiger partial charge in [0.05, 0.1) is 17.4 Å². The number of carbonyl (C=O) groups is 1. The molecule has 2 N–H and O–H groups in total. The van der Waals surface area contributed by atoms with Crippen LogP contribution in [0.4, 0.5) is 8.78 Å². The summed E-state index contributed by atoms with van der Waals surface area (Å²) in [4.78, 5) is 17.2. The molecule has 2 aliphatic heterocycles. The zero-order chi connectivity index (χ0) is 26.9. The van der Waals surface area contributed by atoms with Crippen LogP contribution in [0.15, 0.2) is 60.8 Å². The molecule has 1 unspecified atom stereocenters. The Labute approximate surface area is 222 Å². The van der Waals surface area contributed by atoms with Gasteiger partial charge in [-0.05, 0) is 92.7 Å². The third-order valence-corrected chi connectivity index (χ3v) is 8.28. The van der Waals surface area contributed by atoms with E-state index in [1.807, 2.05) is 22.7 Å². The number of carbonyl (C=O) groups excluding carboxylic acids is 1. The second-order valence-electron chi connectivity index (χ2n) is 10.6. The minimum absolute atomic E-state index is 0.0282. The number of aryl methyl sites for hydroxylation is 1. The van der Waals surface area contributed by atoms with Crippen LogP contribution in [0.1, 0.15) is 59.0 Å². The van der Waals surface area contributed by atoms with Crippen LogP contribution < -0.4 is 0 Å².